The van der Waals surface area contributed by atoms with Gasteiger partial charge in [-0.25, -0.2) is 0 Å². The molecule has 41 valence electrons. The first-order valence-corrected chi connectivity index (χ1v) is 2.26. The van der Waals surface area contributed by atoms with Crippen molar-refractivity contribution in [2.75, 3.05) is 7.05 Å². The molecular formula is C5H6N3. The van der Waals surface area contributed by atoms with Crippen molar-refractivity contribution in [1.82, 2.24) is 10.2 Å². The van der Waals surface area contributed by atoms with Crippen LogP contribution in [0.1, 0.15) is 0 Å². The van der Waals surface area contributed by atoms with Gasteiger partial charge in [0.05, 0.1) is 0 Å². The van der Waals surface area contributed by atoms with Gasteiger partial charge in [-0.15, -0.1) is 0 Å². The van der Waals surface area contributed by atoms with Gasteiger partial charge in [-0.05, 0) is 0 Å². The standard InChI is InChI=1S/C5H6N3/c1-8-3-5(2-6)7-4-8/h3-4,7H,1H3. The van der Waals surface area contributed by atoms with Crippen molar-refractivity contribution in [3.8, 4) is 6.07 Å². The maximum atomic E-state index is 8.26. The second-order valence-corrected chi connectivity index (χ2v) is 1.59. The Hall–Kier alpha value is -1.17. The van der Waals surface area contributed by atoms with Gasteiger partial charge in [0.15, 0.2) is 0 Å². The third-order valence-electron chi connectivity index (χ3n) is 0.877. The number of allylic oxidation sites excluding steroid dienone is 1. The van der Waals surface area contributed by atoms with Gasteiger partial charge < -0.3 is 10.2 Å². The molecule has 3 nitrogen and oxygen atoms in total. The molecule has 0 aromatic carbocycles. The average molecular weight is 108 g/mol. The maximum Gasteiger partial charge on any atom is 0.139 e. The predicted octanol–water partition coefficient (Wildman–Crippen LogP) is 0.00567. The average Bonchev–Trinajstić information content (AvgIpc) is 2.14. The van der Waals surface area contributed by atoms with E-state index in [9.17, 15) is 0 Å². The molecule has 1 rings (SSSR count). The molecule has 3 heteroatoms. The highest BCUT2D eigenvalue weighted by Crippen LogP contribution is 2.00. The molecule has 0 spiro atoms. The van der Waals surface area contributed by atoms with Gasteiger partial charge in [-0.2, -0.15) is 5.26 Å². The first kappa shape index (κ1) is 4.98. The summed E-state index contributed by atoms with van der Waals surface area (Å²) in [5.41, 5.74) is 0.590. The monoisotopic (exact) mass is 108 g/mol. The van der Waals surface area contributed by atoms with Gasteiger partial charge in [-0.3, -0.25) is 0 Å². The van der Waals surface area contributed by atoms with Crippen LogP contribution >= 0.6 is 0 Å². The fourth-order valence-corrected chi connectivity index (χ4v) is 0.511. The minimum Gasteiger partial charge on any atom is -0.355 e. The van der Waals surface area contributed by atoms with Crippen LogP contribution in [-0.4, -0.2) is 11.9 Å². The van der Waals surface area contributed by atoms with Crippen LogP contribution in [0.3, 0.4) is 0 Å². The molecule has 0 unspecified atom stereocenters. The van der Waals surface area contributed by atoms with Crippen molar-refractivity contribution in [2.24, 2.45) is 0 Å². The van der Waals surface area contributed by atoms with Crippen molar-refractivity contribution in [3.63, 3.8) is 0 Å². The van der Waals surface area contributed by atoms with Crippen LogP contribution in [0.5, 0.6) is 0 Å². The third-order valence-corrected chi connectivity index (χ3v) is 0.877. The molecule has 8 heavy (non-hydrogen) atoms. The van der Waals surface area contributed by atoms with E-state index in [-0.39, 0.29) is 0 Å². The Morgan fingerprint density at radius 3 is 2.88 bits per heavy atom. The van der Waals surface area contributed by atoms with E-state index in [2.05, 4.69) is 5.32 Å². The zero-order valence-corrected chi connectivity index (χ0v) is 4.55. The molecule has 1 N–H and O–H groups in total. The van der Waals surface area contributed by atoms with Crippen LogP contribution < -0.4 is 5.32 Å². The summed E-state index contributed by atoms with van der Waals surface area (Å²) in [5.74, 6) is 0. The molecule has 0 bridgehead atoms. The number of rotatable bonds is 0. The van der Waals surface area contributed by atoms with Crippen molar-refractivity contribution in [1.29, 1.82) is 5.26 Å². The molecule has 0 atom stereocenters. The largest absolute Gasteiger partial charge is 0.355 e. The highest BCUT2D eigenvalue weighted by Gasteiger charge is 2.04. The molecule has 0 aromatic heterocycles. The van der Waals surface area contributed by atoms with Gasteiger partial charge in [0.1, 0.15) is 18.4 Å². The maximum absolute atomic E-state index is 8.26. The highest BCUT2D eigenvalue weighted by molar-refractivity contribution is 5.22. The number of hydrogen-bond donors (Lipinski definition) is 1. The summed E-state index contributed by atoms with van der Waals surface area (Å²) in [6.07, 6.45) is 1.72. The van der Waals surface area contributed by atoms with E-state index in [4.69, 9.17) is 5.26 Å². The number of nitriles is 1. The molecule has 0 aliphatic carbocycles. The zero-order chi connectivity index (χ0) is 5.98. The highest BCUT2D eigenvalue weighted by atomic mass is 15.2. The number of nitrogens with one attached hydrogen (secondary N) is 1. The minimum absolute atomic E-state index is 0.590. The molecule has 0 saturated heterocycles. The SMILES string of the molecule is CN1[CH]NC(C#N)=C1. The molecule has 1 heterocycles. The lowest BCUT2D eigenvalue weighted by molar-refractivity contribution is 0.559. The molecule has 0 saturated carbocycles. The smallest absolute Gasteiger partial charge is 0.139 e. The van der Waals surface area contributed by atoms with E-state index in [1.807, 2.05) is 13.1 Å². The van der Waals surface area contributed by atoms with Gasteiger partial charge in [0.25, 0.3) is 0 Å². The summed E-state index contributed by atoms with van der Waals surface area (Å²) in [4.78, 5) is 1.79. The summed E-state index contributed by atoms with van der Waals surface area (Å²) in [6.45, 7) is 1.72. The fourth-order valence-electron chi connectivity index (χ4n) is 0.511. The van der Waals surface area contributed by atoms with Crippen LogP contribution in [0.15, 0.2) is 11.9 Å². The minimum atomic E-state index is 0.590. The predicted molar refractivity (Wildman–Crippen MR) is 28.9 cm³/mol. The van der Waals surface area contributed by atoms with E-state index in [0.717, 1.165) is 0 Å². The Kier molecular flexibility index (Phi) is 1.09. The third kappa shape index (κ3) is 0.733. The molecule has 1 radical (unpaired) electrons. The molecule has 1 aliphatic rings. The van der Waals surface area contributed by atoms with Crippen LogP contribution in [0.2, 0.25) is 0 Å². The van der Waals surface area contributed by atoms with E-state index < -0.39 is 0 Å². The summed E-state index contributed by atoms with van der Waals surface area (Å²) in [6, 6.07) is 1.97. The van der Waals surface area contributed by atoms with Crippen molar-refractivity contribution in [2.45, 2.75) is 0 Å². The second kappa shape index (κ2) is 1.74. The summed E-state index contributed by atoms with van der Waals surface area (Å²) in [7, 11) is 1.86. The topological polar surface area (TPSA) is 39.1 Å². The fraction of sp³-hybridized carbons (Fsp3) is 0.200. The van der Waals surface area contributed by atoms with E-state index >= 15 is 0 Å². The number of hydrogen-bond acceptors (Lipinski definition) is 3. The Morgan fingerprint density at radius 1 is 1.88 bits per heavy atom. The lowest BCUT2D eigenvalue weighted by atomic mass is 10.5. The lowest BCUT2D eigenvalue weighted by Gasteiger charge is -2.00. The molecule has 0 fully saturated rings. The second-order valence-electron chi connectivity index (χ2n) is 1.59. The van der Waals surface area contributed by atoms with Gasteiger partial charge >= 0.3 is 0 Å². The van der Waals surface area contributed by atoms with Gasteiger partial charge in [0, 0.05) is 13.2 Å². The number of nitrogens with zero attached hydrogens (tertiary/aromatic N) is 2. The van der Waals surface area contributed by atoms with Crippen LogP contribution in [0.4, 0.5) is 0 Å². The molecule has 1 aliphatic heterocycles. The summed E-state index contributed by atoms with van der Waals surface area (Å²) < 4.78 is 0. The summed E-state index contributed by atoms with van der Waals surface area (Å²) >= 11 is 0. The van der Waals surface area contributed by atoms with Crippen molar-refractivity contribution >= 4 is 0 Å². The molecule has 0 aromatic rings. The first-order valence-electron chi connectivity index (χ1n) is 2.26. The Labute approximate surface area is 48.2 Å². The normalized spacial score (nSPS) is 17.0. The van der Waals surface area contributed by atoms with Gasteiger partial charge in [0.2, 0.25) is 0 Å². The summed E-state index contributed by atoms with van der Waals surface area (Å²) in [5, 5.41) is 11.0. The van der Waals surface area contributed by atoms with Crippen LogP contribution in [-0.2, 0) is 0 Å². The Morgan fingerprint density at radius 2 is 2.62 bits per heavy atom. The van der Waals surface area contributed by atoms with Crippen LogP contribution in [0, 0.1) is 18.0 Å². The van der Waals surface area contributed by atoms with E-state index in [0.29, 0.717) is 5.70 Å². The molecular weight excluding hydrogens is 102 g/mol. The van der Waals surface area contributed by atoms with E-state index in [1.165, 1.54) is 0 Å². The van der Waals surface area contributed by atoms with E-state index in [1.54, 1.807) is 17.8 Å². The molecule has 0 amide bonds. The van der Waals surface area contributed by atoms with Crippen molar-refractivity contribution < 1.29 is 0 Å². The van der Waals surface area contributed by atoms with Gasteiger partial charge in [-0.1, -0.05) is 0 Å². The zero-order valence-electron chi connectivity index (χ0n) is 4.55. The van der Waals surface area contributed by atoms with Crippen LogP contribution in [0.25, 0.3) is 0 Å². The quantitative estimate of drug-likeness (QED) is 0.475. The Bertz CT molecular complexity index is 154. The Balaban J connectivity index is 2.61. The lowest BCUT2D eigenvalue weighted by Crippen LogP contribution is -2.08. The first-order chi connectivity index (χ1) is 3.83. The van der Waals surface area contributed by atoms with Crippen molar-refractivity contribution in [3.05, 3.63) is 18.6 Å².